The molecule has 2 unspecified atom stereocenters. The zero-order valence-corrected chi connectivity index (χ0v) is 13.7. The fourth-order valence-corrected chi connectivity index (χ4v) is 3.24. The van der Waals surface area contributed by atoms with Gasteiger partial charge in [0.25, 0.3) is 0 Å². The third kappa shape index (κ3) is 3.87. The predicted octanol–water partition coefficient (Wildman–Crippen LogP) is 3.57. The van der Waals surface area contributed by atoms with Gasteiger partial charge in [-0.1, -0.05) is 20.3 Å². The molecule has 1 N–H and O–H groups in total. The molecule has 0 aromatic carbocycles. The van der Waals surface area contributed by atoms with E-state index in [0.29, 0.717) is 12.3 Å². The van der Waals surface area contributed by atoms with Gasteiger partial charge < -0.3 is 14.7 Å². The molecule has 1 aliphatic heterocycles. The highest BCUT2D eigenvalue weighted by atomic mass is 16.6. The number of ether oxygens (including phenoxy) is 1. The van der Waals surface area contributed by atoms with Gasteiger partial charge in [0.15, 0.2) is 0 Å². The topological polar surface area (TPSA) is 49.8 Å². The summed E-state index contributed by atoms with van der Waals surface area (Å²) in [6.45, 7) is 10.9. The van der Waals surface area contributed by atoms with Gasteiger partial charge >= 0.3 is 6.09 Å². The lowest BCUT2D eigenvalue weighted by Gasteiger charge is -2.50. The fraction of sp³-hybridized carbons (Fsp3) is 0.938. The van der Waals surface area contributed by atoms with Crippen molar-refractivity contribution in [2.24, 2.45) is 5.92 Å². The number of amides is 1. The van der Waals surface area contributed by atoms with E-state index < -0.39 is 5.60 Å². The Balaban J connectivity index is 3.00. The Labute approximate surface area is 123 Å². The van der Waals surface area contributed by atoms with E-state index in [0.717, 1.165) is 32.2 Å². The molecule has 0 radical (unpaired) electrons. The van der Waals surface area contributed by atoms with Crippen LogP contribution < -0.4 is 0 Å². The molecule has 1 amide bonds. The monoisotopic (exact) mass is 285 g/mol. The Bertz CT molecular complexity index is 320. The predicted molar refractivity (Wildman–Crippen MR) is 80.7 cm³/mol. The average molecular weight is 285 g/mol. The van der Waals surface area contributed by atoms with Crippen LogP contribution in [0.5, 0.6) is 0 Å². The van der Waals surface area contributed by atoms with Crippen molar-refractivity contribution < 1.29 is 14.6 Å². The standard InChI is InChI=1S/C16H31NO3/c1-6-13(2)16(10-12-18)9-7-8-11-17(16)14(19)20-15(3,4)5/h13,18H,6-12H2,1-5H3. The van der Waals surface area contributed by atoms with Crippen LogP contribution in [0.3, 0.4) is 0 Å². The molecule has 0 aromatic rings. The molecular weight excluding hydrogens is 254 g/mol. The minimum atomic E-state index is -0.477. The number of hydrogen-bond donors (Lipinski definition) is 1. The second kappa shape index (κ2) is 6.79. The third-order valence-corrected chi connectivity index (χ3v) is 4.47. The van der Waals surface area contributed by atoms with Crippen LogP contribution in [0.15, 0.2) is 0 Å². The van der Waals surface area contributed by atoms with E-state index in [1.54, 1.807) is 0 Å². The van der Waals surface area contributed by atoms with E-state index in [2.05, 4.69) is 13.8 Å². The number of likely N-dealkylation sites (tertiary alicyclic amines) is 1. The minimum Gasteiger partial charge on any atom is -0.444 e. The van der Waals surface area contributed by atoms with E-state index in [1.165, 1.54) is 0 Å². The van der Waals surface area contributed by atoms with Gasteiger partial charge in [0.05, 0.1) is 5.54 Å². The van der Waals surface area contributed by atoms with Gasteiger partial charge in [0.2, 0.25) is 0 Å². The van der Waals surface area contributed by atoms with Gasteiger partial charge in [0, 0.05) is 13.2 Å². The maximum Gasteiger partial charge on any atom is 0.410 e. The second-order valence-electron chi connectivity index (χ2n) is 6.98. The first-order valence-electron chi connectivity index (χ1n) is 7.88. The summed E-state index contributed by atoms with van der Waals surface area (Å²) >= 11 is 0. The number of aliphatic hydroxyl groups is 1. The number of nitrogens with zero attached hydrogens (tertiary/aromatic N) is 1. The van der Waals surface area contributed by atoms with Crippen molar-refractivity contribution in [1.29, 1.82) is 0 Å². The Morgan fingerprint density at radius 1 is 1.40 bits per heavy atom. The van der Waals surface area contributed by atoms with Crippen LogP contribution in [-0.2, 0) is 4.74 Å². The highest BCUT2D eigenvalue weighted by Crippen LogP contribution is 2.39. The first-order chi connectivity index (χ1) is 9.27. The van der Waals surface area contributed by atoms with Gasteiger partial charge in [-0.15, -0.1) is 0 Å². The molecule has 0 saturated carbocycles. The molecule has 2 atom stereocenters. The highest BCUT2D eigenvalue weighted by Gasteiger charge is 2.45. The molecule has 1 aliphatic rings. The summed E-state index contributed by atoms with van der Waals surface area (Å²) in [5, 5.41) is 9.48. The third-order valence-electron chi connectivity index (χ3n) is 4.47. The van der Waals surface area contributed by atoms with Crippen LogP contribution in [0.1, 0.15) is 66.7 Å². The first kappa shape index (κ1) is 17.3. The Morgan fingerprint density at radius 3 is 2.55 bits per heavy atom. The lowest BCUT2D eigenvalue weighted by atomic mass is 9.73. The summed E-state index contributed by atoms with van der Waals surface area (Å²) in [7, 11) is 0. The summed E-state index contributed by atoms with van der Waals surface area (Å²) in [5.74, 6) is 0.363. The molecule has 4 heteroatoms. The smallest absolute Gasteiger partial charge is 0.410 e. The Kier molecular flexibility index (Phi) is 5.87. The molecule has 1 fully saturated rings. The quantitative estimate of drug-likeness (QED) is 0.859. The normalized spacial score (nSPS) is 25.4. The molecule has 1 heterocycles. The van der Waals surface area contributed by atoms with Crippen LogP contribution >= 0.6 is 0 Å². The van der Waals surface area contributed by atoms with Gasteiger partial charge in [-0.05, 0) is 52.4 Å². The van der Waals surface area contributed by atoms with Gasteiger partial charge in [-0.3, -0.25) is 0 Å². The van der Waals surface area contributed by atoms with Crippen molar-refractivity contribution in [3.05, 3.63) is 0 Å². The van der Waals surface area contributed by atoms with Crippen molar-refractivity contribution in [3.8, 4) is 0 Å². The van der Waals surface area contributed by atoms with Crippen LogP contribution in [-0.4, -0.2) is 40.4 Å². The van der Waals surface area contributed by atoms with E-state index in [-0.39, 0.29) is 18.2 Å². The number of aliphatic hydroxyl groups excluding tert-OH is 1. The molecule has 0 bridgehead atoms. The molecule has 1 rings (SSSR count). The van der Waals surface area contributed by atoms with E-state index >= 15 is 0 Å². The summed E-state index contributed by atoms with van der Waals surface area (Å²) in [4.78, 5) is 14.4. The Hall–Kier alpha value is -0.770. The fourth-order valence-electron chi connectivity index (χ4n) is 3.24. The van der Waals surface area contributed by atoms with Crippen LogP contribution in [0.2, 0.25) is 0 Å². The number of piperidine rings is 1. The Morgan fingerprint density at radius 2 is 2.05 bits per heavy atom. The lowest BCUT2D eigenvalue weighted by Crippen LogP contribution is -2.59. The van der Waals surface area contributed by atoms with Gasteiger partial charge in [-0.2, -0.15) is 0 Å². The van der Waals surface area contributed by atoms with Crippen molar-refractivity contribution >= 4 is 6.09 Å². The van der Waals surface area contributed by atoms with Crippen LogP contribution in [0.25, 0.3) is 0 Å². The molecule has 4 nitrogen and oxygen atoms in total. The van der Waals surface area contributed by atoms with Crippen LogP contribution in [0.4, 0.5) is 4.79 Å². The molecule has 20 heavy (non-hydrogen) atoms. The number of carbonyl (C=O) groups excluding carboxylic acids is 1. The molecule has 0 spiro atoms. The average Bonchev–Trinajstić information content (AvgIpc) is 2.36. The van der Waals surface area contributed by atoms with Gasteiger partial charge in [-0.25, -0.2) is 4.79 Å². The van der Waals surface area contributed by atoms with Crippen molar-refractivity contribution in [3.63, 3.8) is 0 Å². The maximum atomic E-state index is 12.5. The molecule has 0 aliphatic carbocycles. The summed E-state index contributed by atoms with van der Waals surface area (Å²) in [6.07, 6.45) is 4.50. The molecule has 118 valence electrons. The van der Waals surface area contributed by atoms with Crippen molar-refractivity contribution in [2.75, 3.05) is 13.2 Å². The number of hydrogen-bond acceptors (Lipinski definition) is 3. The first-order valence-corrected chi connectivity index (χ1v) is 7.88. The van der Waals surface area contributed by atoms with Gasteiger partial charge in [0.1, 0.15) is 5.60 Å². The maximum absolute atomic E-state index is 12.5. The lowest BCUT2D eigenvalue weighted by molar-refractivity contribution is -0.0424. The SMILES string of the molecule is CCC(C)C1(CCO)CCCCN1C(=O)OC(C)(C)C. The summed E-state index contributed by atoms with van der Waals surface area (Å²) in [5.41, 5.74) is -0.723. The minimum absolute atomic E-state index is 0.115. The molecule has 0 aromatic heterocycles. The summed E-state index contributed by atoms with van der Waals surface area (Å²) < 4.78 is 5.58. The van der Waals surface area contributed by atoms with Crippen LogP contribution in [0, 0.1) is 5.92 Å². The van der Waals surface area contributed by atoms with Crippen molar-refractivity contribution in [1.82, 2.24) is 4.90 Å². The van der Waals surface area contributed by atoms with E-state index in [4.69, 9.17) is 4.74 Å². The molecular formula is C16H31NO3. The van der Waals surface area contributed by atoms with E-state index in [1.807, 2.05) is 25.7 Å². The zero-order valence-electron chi connectivity index (χ0n) is 13.7. The van der Waals surface area contributed by atoms with Crippen molar-refractivity contribution in [2.45, 2.75) is 77.9 Å². The van der Waals surface area contributed by atoms with E-state index in [9.17, 15) is 9.90 Å². The molecule has 1 saturated heterocycles. The second-order valence-corrected chi connectivity index (χ2v) is 6.98. The zero-order chi connectivity index (χ0) is 15.4. The largest absolute Gasteiger partial charge is 0.444 e. The summed E-state index contributed by atoms with van der Waals surface area (Å²) in [6, 6.07) is 0. The number of rotatable bonds is 4. The number of carbonyl (C=O) groups is 1. The highest BCUT2D eigenvalue weighted by molar-refractivity contribution is 5.69.